The van der Waals surface area contributed by atoms with Crippen molar-refractivity contribution in [2.24, 2.45) is 0 Å². The maximum absolute atomic E-state index is 13.1. The van der Waals surface area contributed by atoms with Crippen molar-refractivity contribution in [3.63, 3.8) is 0 Å². The third-order valence-electron chi connectivity index (χ3n) is 4.32. The number of aromatic nitrogens is 2. The summed E-state index contributed by atoms with van der Waals surface area (Å²) in [5.74, 6) is 0. The molecule has 26 heavy (non-hydrogen) atoms. The van der Waals surface area contributed by atoms with Crippen molar-refractivity contribution in [2.45, 2.75) is 6.92 Å². The molecule has 126 valence electrons. The predicted molar refractivity (Wildman–Crippen MR) is 103 cm³/mol. The van der Waals surface area contributed by atoms with Crippen molar-refractivity contribution < 1.29 is 0 Å². The van der Waals surface area contributed by atoms with Crippen LogP contribution >= 0.6 is 11.6 Å². The van der Waals surface area contributed by atoms with Gasteiger partial charge in [0.1, 0.15) is 6.07 Å². The molecule has 1 N–H and O–H groups in total. The maximum Gasteiger partial charge on any atom is 0.265 e. The van der Waals surface area contributed by atoms with Gasteiger partial charge in [-0.05, 0) is 42.8 Å². The van der Waals surface area contributed by atoms with E-state index in [1.165, 1.54) is 4.40 Å². The van der Waals surface area contributed by atoms with Gasteiger partial charge < -0.3 is 5.32 Å². The fourth-order valence-electron chi connectivity index (χ4n) is 3.02. The SMILES string of the molecule is Cc1c(C#N)c2nc3ccccc3n2c(=O)/c1=C\Nc1cccc(Cl)c1. The Morgan fingerprint density at radius 2 is 2.04 bits per heavy atom. The van der Waals surface area contributed by atoms with Crippen LogP contribution in [0, 0.1) is 18.3 Å². The molecule has 6 heteroatoms. The summed E-state index contributed by atoms with van der Waals surface area (Å²) >= 11 is 5.99. The summed E-state index contributed by atoms with van der Waals surface area (Å²) in [5.41, 5.74) is 3.26. The molecule has 0 aliphatic carbocycles. The molecule has 0 spiro atoms. The largest absolute Gasteiger partial charge is 0.361 e. The number of anilines is 1. The van der Waals surface area contributed by atoms with Gasteiger partial charge in [-0.3, -0.25) is 9.20 Å². The van der Waals surface area contributed by atoms with Crippen LogP contribution in [0.1, 0.15) is 11.1 Å². The van der Waals surface area contributed by atoms with E-state index in [1.54, 1.807) is 25.3 Å². The number of rotatable bonds is 2. The first kappa shape index (κ1) is 16.1. The first-order valence-electron chi connectivity index (χ1n) is 7.96. The van der Waals surface area contributed by atoms with Gasteiger partial charge in [0.25, 0.3) is 5.56 Å². The van der Waals surface area contributed by atoms with Crippen LogP contribution in [0.4, 0.5) is 5.69 Å². The molecule has 2 aromatic carbocycles. The Hall–Kier alpha value is -3.36. The standard InChI is InChI=1S/C20H13ClN4O/c1-12-15(10-22)19-24-17-7-2-3-8-18(17)25(19)20(26)16(12)11-23-14-6-4-5-13(21)9-14/h2-9,11,23H,1H3/b16-11-. The number of imidazole rings is 1. The highest BCUT2D eigenvalue weighted by atomic mass is 35.5. The molecular formula is C20H13ClN4O. The Labute approximate surface area is 153 Å². The summed E-state index contributed by atoms with van der Waals surface area (Å²) in [6.45, 7) is 1.75. The number of nitriles is 1. The first-order chi connectivity index (χ1) is 12.6. The second kappa shape index (κ2) is 6.17. The van der Waals surface area contributed by atoms with Crippen molar-refractivity contribution in [3.8, 4) is 6.07 Å². The molecule has 0 bridgehead atoms. The van der Waals surface area contributed by atoms with Crippen LogP contribution in [0.3, 0.4) is 0 Å². The zero-order chi connectivity index (χ0) is 18.3. The third-order valence-corrected chi connectivity index (χ3v) is 4.55. The molecule has 0 aliphatic rings. The molecule has 0 radical (unpaired) electrons. The number of nitrogens with one attached hydrogen (secondary N) is 1. The van der Waals surface area contributed by atoms with Crippen LogP contribution in [0.2, 0.25) is 5.02 Å². The molecule has 4 aromatic rings. The molecule has 2 heterocycles. The Morgan fingerprint density at radius 3 is 2.81 bits per heavy atom. The van der Waals surface area contributed by atoms with E-state index in [9.17, 15) is 10.1 Å². The normalized spacial score (nSPS) is 11.8. The Morgan fingerprint density at radius 1 is 1.23 bits per heavy atom. The lowest BCUT2D eigenvalue weighted by atomic mass is 10.1. The van der Waals surface area contributed by atoms with Gasteiger partial charge in [-0.1, -0.05) is 29.8 Å². The van der Waals surface area contributed by atoms with E-state index >= 15 is 0 Å². The number of nitrogens with zero attached hydrogens (tertiary/aromatic N) is 3. The highest BCUT2D eigenvalue weighted by molar-refractivity contribution is 6.30. The highest BCUT2D eigenvalue weighted by Gasteiger charge is 2.15. The number of halogens is 1. The Kier molecular flexibility index (Phi) is 3.83. The number of benzene rings is 2. The van der Waals surface area contributed by atoms with Gasteiger partial charge in [0.05, 0.1) is 21.8 Å². The highest BCUT2D eigenvalue weighted by Crippen LogP contribution is 2.18. The minimum atomic E-state index is -0.222. The van der Waals surface area contributed by atoms with Gasteiger partial charge in [0, 0.05) is 16.9 Å². The zero-order valence-corrected chi connectivity index (χ0v) is 14.6. The second-order valence-electron chi connectivity index (χ2n) is 5.89. The van der Waals surface area contributed by atoms with Gasteiger partial charge >= 0.3 is 0 Å². The fourth-order valence-corrected chi connectivity index (χ4v) is 3.21. The van der Waals surface area contributed by atoms with Crippen LogP contribution < -0.4 is 16.1 Å². The molecule has 5 nitrogen and oxygen atoms in total. The predicted octanol–water partition coefficient (Wildman–Crippen LogP) is 3.25. The average molecular weight is 361 g/mol. The fraction of sp³-hybridized carbons (Fsp3) is 0.0500. The van der Waals surface area contributed by atoms with Crippen molar-refractivity contribution in [1.29, 1.82) is 5.26 Å². The number of hydrogen-bond acceptors (Lipinski definition) is 4. The average Bonchev–Trinajstić information content (AvgIpc) is 3.01. The number of fused-ring (bicyclic) bond motifs is 3. The minimum absolute atomic E-state index is 0.222. The van der Waals surface area contributed by atoms with Crippen LogP contribution in [0.5, 0.6) is 0 Å². The van der Waals surface area contributed by atoms with E-state index in [-0.39, 0.29) is 5.56 Å². The Balaban J connectivity index is 2.03. The molecule has 0 amide bonds. The number of hydrogen-bond donors (Lipinski definition) is 1. The van der Waals surface area contributed by atoms with E-state index in [1.807, 2.05) is 36.4 Å². The first-order valence-corrected chi connectivity index (χ1v) is 8.34. The lowest BCUT2D eigenvalue weighted by Crippen LogP contribution is -2.34. The lowest BCUT2D eigenvalue weighted by molar-refractivity contribution is 1.10. The van der Waals surface area contributed by atoms with Gasteiger partial charge in [-0.25, -0.2) is 4.98 Å². The molecule has 0 aliphatic heterocycles. The lowest BCUT2D eigenvalue weighted by Gasteiger charge is -2.04. The topological polar surface area (TPSA) is 70.2 Å². The smallest absolute Gasteiger partial charge is 0.265 e. The van der Waals surface area contributed by atoms with Gasteiger partial charge in [-0.15, -0.1) is 0 Å². The molecule has 0 fully saturated rings. The molecular weight excluding hydrogens is 348 g/mol. The van der Waals surface area contributed by atoms with Gasteiger partial charge in [0.2, 0.25) is 0 Å². The van der Waals surface area contributed by atoms with Crippen molar-refractivity contribution >= 4 is 40.2 Å². The third kappa shape index (κ3) is 2.48. The number of pyridine rings is 1. The minimum Gasteiger partial charge on any atom is -0.361 e. The summed E-state index contributed by atoms with van der Waals surface area (Å²) in [5, 5.41) is 13.7. The van der Waals surface area contributed by atoms with Crippen molar-refractivity contribution in [1.82, 2.24) is 9.38 Å². The zero-order valence-electron chi connectivity index (χ0n) is 13.8. The summed E-state index contributed by atoms with van der Waals surface area (Å²) in [6, 6.07) is 16.7. The summed E-state index contributed by atoms with van der Waals surface area (Å²) in [4.78, 5) is 17.6. The van der Waals surface area contributed by atoms with E-state index in [0.717, 1.165) is 5.69 Å². The number of para-hydroxylation sites is 2. The van der Waals surface area contributed by atoms with E-state index < -0.39 is 0 Å². The van der Waals surface area contributed by atoms with Crippen LogP contribution in [0.15, 0.2) is 53.3 Å². The summed E-state index contributed by atoms with van der Waals surface area (Å²) in [7, 11) is 0. The second-order valence-corrected chi connectivity index (χ2v) is 6.33. The molecule has 0 saturated carbocycles. The Bertz CT molecular complexity index is 1320. The van der Waals surface area contributed by atoms with Gasteiger partial charge in [-0.2, -0.15) is 5.26 Å². The van der Waals surface area contributed by atoms with Crippen LogP contribution in [-0.4, -0.2) is 9.38 Å². The molecule has 0 atom stereocenters. The molecule has 0 unspecified atom stereocenters. The maximum atomic E-state index is 13.1. The molecule has 4 rings (SSSR count). The van der Waals surface area contributed by atoms with E-state index in [0.29, 0.717) is 38.0 Å². The van der Waals surface area contributed by atoms with E-state index in [2.05, 4.69) is 16.4 Å². The molecule has 0 saturated heterocycles. The monoisotopic (exact) mass is 360 g/mol. The van der Waals surface area contributed by atoms with Crippen molar-refractivity contribution in [3.05, 3.63) is 80.3 Å². The summed E-state index contributed by atoms with van der Waals surface area (Å²) < 4.78 is 1.49. The van der Waals surface area contributed by atoms with Crippen LogP contribution in [0.25, 0.3) is 22.9 Å². The quantitative estimate of drug-likeness (QED) is 0.595. The summed E-state index contributed by atoms with van der Waals surface area (Å²) in [6.07, 6.45) is 1.61. The van der Waals surface area contributed by atoms with Gasteiger partial charge in [0.15, 0.2) is 5.65 Å². The van der Waals surface area contributed by atoms with Crippen molar-refractivity contribution in [2.75, 3.05) is 5.32 Å². The van der Waals surface area contributed by atoms with Crippen LogP contribution in [-0.2, 0) is 0 Å². The molecule has 2 aromatic heterocycles. The van der Waals surface area contributed by atoms with E-state index in [4.69, 9.17) is 11.6 Å².